The van der Waals surface area contributed by atoms with E-state index < -0.39 is 0 Å². The second-order valence-electron chi connectivity index (χ2n) is 9.96. The molecule has 2 nitrogen and oxygen atoms in total. The summed E-state index contributed by atoms with van der Waals surface area (Å²) in [5, 5.41) is 2.56. The molecule has 0 fully saturated rings. The molecule has 0 saturated heterocycles. The number of ether oxygens (including phenoxy) is 1. The molecule has 5 rings (SSSR count). The van der Waals surface area contributed by atoms with Crippen LogP contribution < -0.4 is 4.74 Å². The zero-order valence-electron chi connectivity index (χ0n) is 19.9. The average molecular weight is 452 g/mol. The van der Waals surface area contributed by atoms with Gasteiger partial charge in [0.1, 0.15) is 5.75 Å². The third-order valence-corrected chi connectivity index (χ3v) is 7.21. The highest BCUT2D eigenvalue weighted by atomic mass is 32.1. The quantitative estimate of drug-likeness (QED) is 0.273. The van der Waals surface area contributed by atoms with Crippen molar-refractivity contribution in [2.75, 3.05) is 7.11 Å². The van der Waals surface area contributed by atoms with Crippen LogP contribution in [0.3, 0.4) is 0 Å². The van der Waals surface area contributed by atoms with E-state index in [-0.39, 0.29) is 5.41 Å². The molecule has 0 bridgehead atoms. The number of hydrogen-bond donors (Lipinski definition) is 0. The molecular formula is C30H29NOS. The van der Waals surface area contributed by atoms with Gasteiger partial charge in [-0.2, -0.15) is 0 Å². The molecule has 0 saturated carbocycles. The van der Waals surface area contributed by atoms with Gasteiger partial charge in [-0.25, -0.2) is 0 Å². The molecule has 0 N–H and O–H groups in total. The Morgan fingerprint density at radius 2 is 1.67 bits per heavy atom. The van der Waals surface area contributed by atoms with Gasteiger partial charge in [-0.1, -0.05) is 57.2 Å². The van der Waals surface area contributed by atoms with Crippen molar-refractivity contribution in [2.24, 2.45) is 5.41 Å². The van der Waals surface area contributed by atoms with Crippen molar-refractivity contribution in [3.8, 4) is 28.1 Å². The van der Waals surface area contributed by atoms with Crippen LogP contribution in [-0.4, -0.2) is 12.1 Å². The highest BCUT2D eigenvalue weighted by Gasteiger charge is 2.16. The van der Waals surface area contributed by atoms with Crippen LogP contribution >= 0.6 is 11.3 Å². The van der Waals surface area contributed by atoms with Crippen molar-refractivity contribution in [3.63, 3.8) is 0 Å². The number of hydrogen-bond acceptors (Lipinski definition) is 3. The molecule has 2 heterocycles. The lowest BCUT2D eigenvalue weighted by Gasteiger charge is -2.20. The predicted molar refractivity (Wildman–Crippen MR) is 142 cm³/mol. The zero-order valence-corrected chi connectivity index (χ0v) is 20.7. The van der Waals surface area contributed by atoms with Crippen molar-refractivity contribution in [1.82, 2.24) is 4.98 Å². The summed E-state index contributed by atoms with van der Waals surface area (Å²) in [5.74, 6) is 0.889. The van der Waals surface area contributed by atoms with Gasteiger partial charge in [0.2, 0.25) is 0 Å². The standard InChI is InChI=1S/C30H29NOS/c1-19-18-31-26(14-22(19)17-30(2,3)4)21-11-12-27-25(13-21)29-24(20-9-7-6-8-10-20)15-23(32-5)16-28(29)33-27/h6-16,18H,17H2,1-5H3. The number of nitrogens with zero attached hydrogens (tertiary/aromatic N) is 1. The first-order chi connectivity index (χ1) is 15.8. The number of thiophene rings is 1. The normalized spacial score (nSPS) is 11.9. The first kappa shape index (κ1) is 21.7. The van der Waals surface area contributed by atoms with Gasteiger partial charge in [0, 0.05) is 31.9 Å². The minimum Gasteiger partial charge on any atom is -0.497 e. The van der Waals surface area contributed by atoms with E-state index in [0.717, 1.165) is 23.4 Å². The Balaban J connectivity index is 1.72. The van der Waals surface area contributed by atoms with E-state index in [0.29, 0.717) is 0 Å². The van der Waals surface area contributed by atoms with Crippen LogP contribution in [0.25, 0.3) is 42.6 Å². The Kier molecular flexibility index (Phi) is 5.46. The first-order valence-electron chi connectivity index (χ1n) is 11.4. The molecule has 0 aliphatic heterocycles. The van der Waals surface area contributed by atoms with E-state index in [1.165, 1.54) is 42.4 Å². The van der Waals surface area contributed by atoms with Gasteiger partial charge < -0.3 is 4.74 Å². The van der Waals surface area contributed by atoms with Crippen molar-refractivity contribution in [1.29, 1.82) is 0 Å². The summed E-state index contributed by atoms with van der Waals surface area (Å²) in [6.07, 6.45) is 3.06. The topological polar surface area (TPSA) is 22.1 Å². The number of rotatable bonds is 4. The van der Waals surface area contributed by atoms with Crippen LogP contribution in [0.1, 0.15) is 31.9 Å². The lowest BCUT2D eigenvalue weighted by Crippen LogP contribution is -2.10. The van der Waals surface area contributed by atoms with Crippen LogP contribution in [0, 0.1) is 12.3 Å². The third-order valence-electron chi connectivity index (χ3n) is 6.10. The minimum atomic E-state index is 0.237. The summed E-state index contributed by atoms with van der Waals surface area (Å²) >= 11 is 1.82. The van der Waals surface area contributed by atoms with Crippen molar-refractivity contribution in [2.45, 2.75) is 34.1 Å². The molecule has 0 unspecified atom stereocenters. The maximum atomic E-state index is 5.63. The fourth-order valence-electron chi connectivity index (χ4n) is 4.49. The lowest BCUT2D eigenvalue weighted by atomic mass is 9.86. The Bertz CT molecular complexity index is 1460. The number of pyridine rings is 1. The van der Waals surface area contributed by atoms with E-state index in [9.17, 15) is 0 Å². The fraction of sp³-hybridized carbons (Fsp3) is 0.233. The number of aromatic nitrogens is 1. The monoisotopic (exact) mass is 451 g/mol. The molecular weight excluding hydrogens is 422 g/mol. The van der Waals surface area contributed by atoms with Crippen molar-refractivity contribution in [3.05, 3.63) is 84.1 Å². The molecule has 3 aromatic carbocycles. The van der Waals surface area contributed by atoms with Gasteiger partial charge in [-0.05, 0) is 71.3 Å². The Hall–Kier alpha value is -3.17. The molecule has 0 amide bonds. The van der Waals surface area contributed by atoms with Crippen molar-refractivity contribution < 1.29 is 4.74 Å². The SMILES string of the molecule is COc1cc(-c2ccccc2)c2c(c1)sc1ccc(-c3cc(CC(C)(C)C)c(C)cn3)cc12. The maximum Gasteiger partial charge on any atom is 0.120 e. The van der Waals surface area contributed by atoms with Crippen LogP contribution in [0.5, 0.6) is 5.75 Å². The number of aryl methyl sites for hydroxylation is 1. The van der Waals surface area contributed by atoms with Crippen LogP contribution in [0.2, 0.25) is 0 Å². The smallest absolute Gasteiger partial charge is 0.120 e. The second-order valence-corrected chi connectivity index (χ2v) is 11.0. The molecule has 0 aliphatic rings. The van der Waals surface area contributed by atoms with E-state index in [1.54, 1.807) is 7.11 Å². The Morgan fingerprint density at radius 3 is 2.39 bits per heavy atom. The predicted octanol–water partition coefficient (Wildman–Crippen LogP) is 8.69. The molecule has 0 atom stereocenters. The molecule has 5 aromatic rings. The Morgan fingerprint density at radius 1 is 0.879 bits per heavy atom. The van der Waals surface area contributed by atoms with Gasteiger partial charge in [-0.3, -0.25) is 4.98 Å². The van der Waals surface area contributed by atoms with E-state index in [4.69, 9.17) is 9.72 Å². The highest BCUT2D eigenvalue weighted by Crippen LogP contribution is 2.43. The van der Waals surface area contributed by atoms with Gasteiger partial charge in [0.25, 0.3) is 0 Å². The summed E-state index contributed by atoms with van der Waals surface area (Å²) in [6, 6.07) is 23.9. The number of fused-ring (bicyclic) bond motifs is 3. The summed E-state index contributed by atoms with van der Waals surface area (Å²) in [5.41, 5.74) is 7.47. The van der Waals surface area contributed by atoms with Crippen LogP contribution in [0.15, 0.2) is 72.9 Å². The molecule has 0 spiro atoms. The Labute approximate surface area is 199 Å². The summed E-state index contributed by atoms with van der Waals surface area (Å²) in [7, 11) is 1.74. The number of benzene rings is 3. The van der Waals surface area contributed by atoms with Crippen molar-refractivity contribution >= 4 is 31.5 Å². The number of methoxy groups -OCH3 is 1. The van der Waals surface area contributed by atoms with Gasteiger partial charge in [0.05, 0.1) is 12.8 Å². The van der Waals surface area contributed by atoms with E-state index in [1.807, 2.05) is 17.5 Å². The largest absolute Gasteiger partial charge is 0.497 e. The molecule has 0 radical (unpaired) electrons. The third kappa shape index (κ3) is 4.26. The fourth-order valence-corrected chi connectivity index (χ4v) is 5.63. The highest BCUT2D eigenvalue weighted by molar-refractivity contribution is 7.26. The van der Waals surface area contributed by atoms with Gasteiger partial charge in [-0.15, -0.1) is 11.3 Å². The molecule has 33 heavy (non-hydrogen) atoms. The van der Waals surface area contributed by atoms with Gasteiger partial charge >= 0.3 is 0 Å². The molecule has 166 valence electrons. The van der Waals surface area contributed by atoms with Gasteiger partial charge in [0.15, 0.2) is 0 Å². The summed E-state index contributed by atoms with van der Waals surface area (Å²) in [4.78, 5) is 4.80. The van der Waals surface area contributed by atoms with Crippen LogP contribution in [0.4, 0.5) is 0 Å². The minimum absolute atomic E-state index is 0.237. The maximum absolute atomic E-state index is 5.63. The summed E-state index contributed by atoms with van der Waals surface area (Å²) < 4.78 is 8.15. The molecule has 0 aliphatic carbocycles. The lowest BCUT2D eigenvalue weighted by molar-refractivity contribution is 0.410. The zero-order chi connectivity index (χ0) is 23.2. The molecule has 3 heteroatoms. The first-order valence-corrected chi connectivity index (χ1v) is 12.2. The summed E-state index contributed by atoms with van der Waals surface area (Å²) in [6.45, 7) is 9.02. The van der Waals surface area contributed by atoms with E-state index in [2.05, 4.69) is 94.4 Å². The average Bonchev–Trinajstić information content (AvgIpc) is 3.17. The van der Waals surface area contributed by atoms with E-state index >= 15 is 0 Å². The second kappa shape index (κ2) is 8.31. The van der Waals surface area contributed by atoms with Crippen LogP contribution in [-0.2, 0) is 6.42 Å². The molecule has 2 aromatic heterocycles.